The molecule has 0 saturated heterocycles. The Morgan fingerprint density at radius 2 is 1.74 bits per heavy atom. The van der Waals surface area contributed by atoms with Crippen LogP contribution in [0.2, 0.25) is 0 Å². The molecule has 4 aromatic rings. The number of benzene rings is 3. The van der Waals surface area contributed by atoms with Crippen LogP contribution in [0.25, 0.3) is 10.1 Å². The van der Waals surface area contributed by atoms with E-state index >= 15 is 0 Å². The number of hydrogen-bond acceptors (Lipinski definition) is 4. The Kier molecular flexibility index (Phi) is 5.68. The number of halogens is 2. The van der Waals surface area contributed by atoms with Crippen molar-refractivity contribution in [2.45, 2.75) is 18.4 Å². The van der Waals surface area contributed by atoms with Crippen LogP contribution < -0.4 is 9.04 Å². The molecule has 31 heavy (non-hydrogen) atoms. The highest BCUT2D eigenvalue weighted by atomic mass is 32.2. The second-order valence-electron chi connectivity index (χ2n) is 6.97. The SMILES string of the molecule is COc1cccc(S(=O)(=O)N(Cc2ccc(F)c(F)c2)c2sc3ccccc3c2C)c1. The summed E-state index contributed by atoms with van der Waals surface area (Å²) in [7, 11) is -2.57. The number of sulfonamides is 1. The van der Waals surface area contributed by atoms with Gasteiger partial charge in [-0.05, 0) is 53.8 Å². The van der Waals surface area contributed by atoms with Gasteiger partial charge in [0.1, 0.15) is 10.8 Å². The van der Waals surface area contributed by atoms with Crippen molar-refractivity contribution in [3.8, 4) is 5.75 Å². The second kappa shape index (κ2) is 8.28. The fourth-order valence-electron chi connectivity index (χ4n) is 3.36. The fourth-order valence-corrected chi connectivity index (χ4v) is 6.32. The second-order valence-corrected chi connectivity index (χ2v) is 9.86. The lowest BCUT2D eigenvalue weighted by Crippen LogP contribution is -2.30. The van der Waals surface area contributed by atoms with Crippen LogP contribution in [0.15, 0.2) is 71.6 Å². The standard InChI is InChI=1S/C23H19F2NO3S2/c1-15-19-8-3-4-9-22(19)30-23(15)26(14-16-10-11-20(24)21(25)12-16)31(27,28)18-7-5-6-17(13-18)29-2/h3-13H,14H2,1-2H3. The van der Waals surface area contributed by atoms with Crippen LogP contribution in [0.5, 0.6) is 5.75 Å². The van der Waals surface area contributed by atoms with Crippen molar-refractivity contribution in [1.29, 1.82) is 0 Å². The molecule has 0 fully saturated rings. The minimum atomic E-state index is -4.03. The number of aryl methyl sites for hydroxylation is 1. The van der Waals surface area contributed by atoms with Crippen molar-refractivity contribution in [3.63, 3.8) is 0 Å². The molecule has 0 atom stereocenters. The third-order valence-electron chi connectivity index (χ3n) is 4.98. The maximum Gasteiger partial charge on any atom is 0.265 e. The van der Waals surface area contributed by atoms with Gasteiger partial charge in [-0.3, -0.25) is 4.31 Å². The highest BCUT2D eigenvalue weighted by molar-refractivity contribution is 7.93. The minimum Gasteiger partial charge on any atom is -0.497 e. The molecule has 0 N–H and O–H groups in total. The Bertz CT molecular complexity index is 1370. The van der Waals surface area contributed by atoms with E-state index in [-0.39, 0.29) is 11.4 Å². The molecule has 8 heteroatoms. The number of ether oxygens (including phenoxy) is 1. The number of thiophene rings is 1. The molecule has 3 aromatic carbocycles. The molecular formula is C23H19F2NO3S2. The van der Waals surface area contributed by atoms with Crippen molar-refractivity contribution >= 4 is 36.4 Å². The van der Waals surface area contributed by atoms with Crippen molar-refractivity contribution in [2.75, 3.05) is 11.4 Å². The minimum absolute atomic E-state index is 0.0475. The summed E-state index contributed by atoms with van der Waals surface area (Å²) in [5.74, 6) is -1.60. The quantitative estimate of drug-likeness (QED) is 0.361. The number of anilines is 1. The van der Waals surface area contributed by atoms with Gasteiger partial charge in [0.05, 0.1) is 18.6 Å². The van der Waals surface area contributed by atoms with Gasteiger partial charge in [0.25, 0.3) is 10.0 Å². The van der Waals surface area contributed by atoms with E-state index in [2.05, 4.69) is 0 Å². The largest absolute Gasteiger partial charge is 0.497 e. The third kappa shape index (κ3) is 4.00. The summed E-state index contributed by atoms with van der Waals surface area (Å²) >= 11 is 1.34. The van der Waals surface area contributed by atoms with E-state index in [4.69, 9.17) is 4.74 Å². The zero-order chi connectivity index (χ0) is 22.2. The molecule has 0 unspecified atom stereocenters. The van der Waals surface area contributed by atoms with Crippen molar-refractivity contribution in [3.05, 3.63) is 89.5 Å². The van der Waals surface area contributed by atoms with Crippen LogP contribution in [-0.2, 0) is 16.6 Å². The summed E-state index contributed by atoms with van der Waals surface area (Å²) in [6, 6.07) is 17.2. The summed E-state index contributed by atoms with van der Waals surface area (Å²) in [5, 5.41) is 1.47. The van der Waals surface area contributed by atoms with Gasteiger partial charge in [-0.25, -0.2) is 17.2 Å². The lowest BCUT2D eigenvalue weighted by molar-refractivity contribution is 0.413. The molecule has 0 amide bonds. The first-order valence-electron chi connectivity index (χ1n) is 9.40. The number of nitrogens with zero attached hydrogens (tertiary/aromatic N) is 1. The van der Waals surface area contributed by atoms with Crippen molar-refractivity contribution in [1.82, 2.24) is 0 Å². The van der Waals surface area contributed by atoms with Gasteiger partial charge >= 0.3 is 0 Å². The molecule has 0 radical (unpaired) electrons. The molecule has 0 bridgehead atoms. The topological polar surface area (TPSA) is 46.6 Å². The maximum atomic E-state index is 13.8. The molecule has 1 aromatic heterocycles. The van der Waals surface area contributed by atoms with Crippen LogP contribution in [0, 0.1) is 18.6 Å². The van der Waals surface area contributed by atoms with E-state index < -0.39 is 21.7 Å². The van der Waals surface area contributed by atoms with Crippen LogP contribution in [-0.4, -0.2) is 15.5 Å². The average molecular weight is 460 g/mol. The van der Waals surface area contributed by atoms with Crippen molar-refractivity contribution < 1.29 is 21.9 Å². The van der Waals surface area contributed by atoms with E-state index in [9.17, 15) is 17.2 Å². The first kappa shape index (κ1) is 21.3. The highest BCUT2D eigenvalue weighted by Crippen LogP contribution is 2.41. The Morgan fingerprint density at radius 1 is 0.968 bits per heavy atom. The molecule has 0 aliphatic rings. The summed E-state index contributed by atoms with van der Waals surface area (Å²) in [5.41, 5.74) is 1.14. The molecule has 4 nitrogen and oxygen atoms in total. The van der Waals surface area contributed by atoms with Gasteiger partial charge in [0, 0.05) is 10.8 Å². The Balaban J connectivity index is 1.89. The van der Waals surface area contributed by atoms with Crippen LogP contribution >= 0.6 is 11.3 Å². The molecule has 160 valence electrons. The van der Waals surface area contributed by atoms with E-state index in [1.165, 1.54) is 41.0 Å². The molecule has 1 heterocycles. The number of hydrogen-bond donors (Lipinski definition) is 0. The Hall–Kier alpha value is -2.97. The first-order valence-corrected chi connectivity index (χ1v) is 11.7. The zero-order valence-corrected chi connectivity index (χ0v) is 18.4. The smallest absolute Gasteiger partial charge is 0.265 e. The normalized spacial score (nSPS) is 11.6. The number of methoxy groups -OCH3 is 1. The van der Waals surface area contributed by atoms with E-state index in [1.54, 1.807) is 12.1 Å². The molecule has 0 aliphatic heterocycles. The summed E-state index contributed by atoms with van der Waals surface area (Å²) < 4.78 is 62.0. The Morgan fingerprint density at radius 3 is 2.45 bits per heavy atom. The lowest BCUT2D eigenvalue weighted by atomic mass is 10.2. The third-order valence-corrected chi connectivity index (χ3v) is 8.14. The van der Waals surface area contributed by atoms with Gasteiger partial charge in [0.2, 0.25) is 0 Å². The van der Waals surface area contributed by atoms with Gasteiger partial charge < -0.3 is 4.74 Å². The van der Waals surface area contributed by atoms with Gasteiger partial charge in [-0.15, -0.1) is 11.3 Å². The lowest BCUT2D eigenvalue weighted by Gasteiger charge is -2.24. The maximum absolute atomic E-state index is 13.8. The molecule has 0 spiro atoms. The van der Waals surface area contributed by atoms with Gasteiger partial charge in [-0.1, -0.05) is 30.3 Å². The van der Waals surface area contributed by atoms with E-state index in [0.717, 1.165) is 27.8 Å². The number of rotatable bonds is 6. The average Bonchev–Trinajstić information content (AvgIpc) is 3.10. The highest BCUT2D eigenvalue weighted by Gasteiger charge is 2.29. The zero-order valence-electron chi connectivity index (χ0n) is 16.8. The summed E-state index contributed by atoms with van der Waals surface area (Å²) in [4.78, 5) is 0.0475. The first-order chi connectivity index (χ1) is 14.8. The summed E-state index contributed by atoms with van der Waals surface area (Å²) in [6.07, 6.45) is 0. The van der Waals surface area contributed by atoms with Crippen molar-refractivity contribution in [2.24, 2.45) is 0 Å². The van der Waals surface area contributed by atoms with E-state index in [1.807, 2.05) is 31.2 Å². The van der Waals surface area contributed by atoms with Crippen LogP contribution in [0.3, 0.4) is 0 Å². The molecule has 0 saturated carbocycles. The predicted octanol–water partition coefficient (Wildman–Crippen LogP) is 5.89. The number of fused-ring (bicyclic) bond motifs is 1. The molecule has 4 rings (SSSR count). The Labute approximate surface area is 183 Å². The van der Waals surface area contributed by atoms with Gasteiger partial charge in [-0.2, -0.15) is 0 Å². The molecular weight excluding hydrogens is 440 g/mol. The molecule has 0 aliphatic carbocycles. The van der Waals surface area contributed by atoms with E-state index in [0.29, 0.717) is 16.3 Å². The van der Waals surface area contributed by atoms with Gasteiger partial charge in [0.15, 0.2) is 11.6 Å². The summed E-state index contributed by atoms with van der Waals surface area (Å²) in [6.45, 7) is 1.71. The van der Waals surface area contributed by atoms with Crippen LogP contribution in [0.1, 0.15) is 11.1 Å². The van der Waals surface area contributed by atoms with Crippen LogP contribution in [0.4, 0.5) is 13.8 Å². The predicted molar refractivity (Wildman–Crippen MR) is 119 cm³/mol. The monoisotopic (exact) mass is 459 g/mol. The fraction of sp³-hybridized carbons (Fsp3) is 0.130.